The van der Waals surface area contributed by atoms with Gasteiger partial charge < -0.3 is 0 Å². The highest BCUT2D eigenvalue weighted by atomic mass is 16.6. The maximum Gasteiger partial charge on any atom is 0.272 e. The summed E-state index contributed by atoms with van der Waals surface area (Å²) in [5, 5.41) is 14.1. The normalized spacial score (nSPS) is 10.2. The predicted molar refractivity (Wildman–Crippen MR) is 65.5 cm³/mol. The topological polar surface area (TPSA) is 91.9 Å². The van der Waals surface area contributed by atoms with Crippen molar-refractivity contribution < 1.29 is 4.92 Å². The fourth-order valence-corrected chi connectivity index (χ4v) is 1.32. The van der Waals surface area contributed by atoms with E-state index in [9.17, 15) is 10.1 Å². The Balaban J connectivity index is 2.75. The number of azide groups is 1. The van der Waals surface area contributed by atoms with E-state index in [2.05, 4.69) is 10.0 Å². The van der Waals surface area contributed by atoms with Crippen LogP contribution in [0.3, 0.4) is 0 Å². The molecule has 6 heteroatoms. The molecule has 1 aromatic carbocycles. The largest absolute Gasteiger partial charge is 0.272 e. The number of nitrogens with zero attached hydrogens (tertiary/aromatic N) is 4. The monoisotopic (exact) mass is 232 g/mol. The standard InChI is InChI=1S/C11H12N4O2/c1-9-5-6-10(8-11(9)15(16)17)4-2-3-7-13-14-12/h2,4-6,8H,3,7H2,1H3. The maximum absolute atomic E-state index is 10.7. The van der Waals surface area contributed by atoms with Gasteiger partial charge in [-0.15, -0.1) is 0 Å². The van der Waals surface area contributed by atoms with Crippen LogP contribution in [0.5, 0.6) is 0 Å². The number of rotatable bonds is 5. The zero-order valence-corrected chi connectivity index (χ0v) is 9.41. The molecule has 0 aromatic heterocycles. The molecule has 1 aromatic rings. The van der Waals surface area contributed by atoms with Gasteiger partial charge in [0.2, 0.25) is 0 Å². The second kappa shape index (κ2) is 6.30. The second-order valence-corrected chi connectivity index (χ2v) is 3.45. The van der Waals surface area contributed by atoms with Crippen molar-refractivity contribution in [2.45, 2.75) is 13.3 Å². The first-order chi connectivity index (χ1) is 8.15. The van der Waals surface area contributed by atoms with Crippen LogP contribution in [0.1, 0.15) is 17.5 Å². The number of benzene rings is 1. The number of hydrogen-bond acceptors (Lipinski definition) is 3. The van der Waals surface area contributed by atoms with Gasteiger partial charge in [0.1, 0.15) is 0 Å². The maximum atomic E-state index is 10.7. The van der Waals surface area contributed by atoms with Crippen molar-refractivity contribution in [2.24, 2.45) is 5.11 Å². The van der Waals surface area contributed by atoms with Gasteiger partial charge in [0.05, 0.1) is 4.92 Å². The summed E-state index contributed by atoms with van der Waals surface area (Å²) in [5.41, 5.74) is 9.59. The highest BCUT2D eigenvalue weighted by Crippen LogP contribution is 2.19. The Morgan fingerprint density at radius 1 is 1.59 bits per heavy atom. The molecule has 0 saturated carbocycles. The summed E-state index contributed by atoms with van der Waals surface area (Å²) in [6.07, 6.45) is 4.22. The van der Waals surface area contributed by atoms with E-state index in [4.69, 9.17) is 5.53 Å². The van der Waals surface area contributed by atoms with Gasteiger partial charge in [-0.2, -0.15) is 0 Å². The molecule has 0 saturated heterocycles. The molecule has 0 aliphatic heterocycles. The lowest BCUT2D eigenvalue weighted by Crippen LogP contribution is -1.91. The Kier molecular flexibility index (Phi) is 4.72. The average Bonchev–Trinajstić information content (AvgIpc) is 2.30. The van der Waals surface area contributed by atoms with Gasteiger partial charge in [0, 0.05) is 23.1 Å². The van der Waals surface area contributed by atoms with Crippen LogP contribution in [0.15, 0.2) is 29.4 Å². The minimum Gasteiger partial charge on any atom is -0.258 e. The van der Waals surface area contributed by atoms with Gasteiger partial charge >= 0.3 is 0 Å². The van der Waals surface area contributed by atoms with E-state index in [1.807, 2.05) is 12.1 Å². The van der Waals surface area contributed by atoms with Crippen LogP contribution < -0.4 is 0 Å². The molecule has 0 aliphatic rings. The molecule has 0 unspecified atom stereocenters. The summed E-state index contributed by atoms with van der Waals surface area (Å²) >= 11 is 0. The zero-order chi connectivity index (χ0) is 12.7. The summed E-state index contributed by atoms with van der Waals surface area (Å²) in [4.78, 5) is 13.0. The first-order valence-electron chi connectivity index (χ1n) is 5.07. The second-order valence-electron chi connectivity index (χ2n) is 3.45. The van der Waals surface area contributed by atoms with Crippen molar-refractivity contribution in [1.82, 2.24) is 0 Å². The zero-order valence-electron chi connectivity index (χ0n) is 9.41. The molecule has 0 amide bonds. The van der Waals surface area contributed by atoms with E-state index in [1.54, 1.807) is 19.1 Å². The van der Waals surface area contributed by atoms with Gasteiger partial charge in [-0.1, -0.05) is 29.4 Å². The van der Waals surface area contributed by atoms with Crippen molar-refractivity contribution in [3.63, 3.8) is 0 Å². The van der Waals surface area contributed by atoms with Gasteiger partial charge in [-0.3, -0.25) is 10.1 Å². The Morgan fingerprint density at radius 3 is 3.00 bits per heavy atom. The molecular formula is C11H12N4O2. The minimum absolute atomic E-state index is 0.113. The van der Waals surface area contributed by atoms with Crippen molar-refractivity contribution in [1.29, 1.82) is 0 Å². The Bertz CT molecular complexity index is 490. The molecule has 0 bridgehead atoms. The summed E-state index contributed by atoms with van der Waals surface area (Å²) in [6.45, 7) is 2.09. The molecule has 0 N–H and O–H groups in total. The first-order valence-corrected chi connectivity index (χ1v) is 5.07. The van der Waals surface area contributed by atoms with Crippen LogP contribution in [0.4, 0.5) is 5.69 Å². The molecule has 17 heavy (non-hydrogen) atoms. The Morgan fingerprint density at radius 2 is 2.35 bits per heavy atom. The lowest BCUT2D eigenvalue weighted by atomic mass is 10.1. The van der Waals surface area contributed by atoms with Crippen molar-refractivity contribution in [3.05, 3.63) is 56.0 Å². The third-order valence-electron chi connectivity index (χ3n) is 2.20. The highest BCUT2D eigenvalue weighted by molar-refractivity contribution is 5.55. The molecule has 0 fully saturated rings. The Hall–Kier alpha value is -2.33. The first kappa shape index (κ1) is 12.7. The lowest BCUT2D eigenvalue weighted by molar-refractivity contribution is -0.385. The van der Waals surface area contributed by atoms with Gasteiger partial charge in [-0.05, 0) is 24.4 Å². The average molecular weight is 232 g/mol. The van der Waals surface area contributed by atoms with Crippen LogP contribution in [0.25, 0.3) is 16.5 Å². The van der Waals surface area contributed by atoms with E-state index in [0.29, 0.717) is 18.5 Å². The minimum atomic E-state index is -0.396. The van der Waals surface area contributed by atoms with Gasteiger partial charge in [0.15, 0.2) is 0 Å². The SMILES string of the molecule is Cc1ccc(C=CCCN=[N+]=[N-])cc1[N+](=O)[O-]. The van der Waals surface area contributed by atoms with E-state index in [-0.39, 0.29) is 5.69 Å². The van der Waals surface area contributed by atoms with Crippen molar-refractivity contribution >= 4 is 11.8 Å². The predicted octanol–water partition coefficient (Wildman–Crippen LogP) is 3.62. The fraction of sp³-hybridized carbons (Fsp3) is 0.273. The van der Waals surface area contributed by atoms with E-state index in [0.717, 1.165) is 5.56 Å². The number of nitro benzene ring substituents is 1. The van der Waals surface area contributed by atoms with E-state index in [1.165, 1.54) is 6.07 Å². The molecule has 0 atom stereocenters. The Labute approximate surface area is 98.4 Å². The fourth-order valence-electron chi connectivity index (χ4n) is 1.32. The van der Waals surface area contributed by atoms with Crippen LogP contribution >= 0.6 is 0 Å². The summed E-state index contributed by atoms with van der Waals surface area (Å²) in [7, 11) is 0. The molecule has 88 valence electrons. The molecule has 0 aliphatic carbocycles. The summed E-state index contributed by atoms with van der Waals surface area (Å²) < 4.78 is 0. The smallest absolute Gasteiger partial charge is 0.258 e. The number of nitro groups is 1. The van der Waals surface area contributed by atoms with Crippen molar-refractivity contribution in [3.8, 4) is 0 Å². The summed E-state index contributed by atoms with van der Waals surface area (Å²) in [5.74, 6) is 0. The van der Waals surface area contributed by atoms with Gasteiger partial charge in [0.25, 0.3) is 5.69 Å². The quantitative estimate of drug-likeness (QED) is 0.194. The molecule has 0 spiro atoms. The highest BCUT2D eigenvalue weighted by Gasteiger charge is 2.09. The third kappa shape index (κ3) is 3.96. The molecule has 0 heterocycles. The van der Waals surface area contributed by atoms with E-state index >= 15 is 0 Å². The van der Waals surface area contributed by atoms with Crippen LogP contribution in [0.2, 0.25) is 0 Å². The van der Waals surface area contributed by atoms with Crippen LogP contribution in [-0.2, 0) is 0 Å². The third-order valence-corrected chi connectivity index (χ3v) is 2.20. The molecule has 1 rings (SSSR count). The molecular weight excluding hydrogens is 220 g/mol. The summed E-state index contributed by atoms with van der Waals surface area (Å²) in [6, 6.07) is 5.05. The number of aryl methyl sites for hydroxylation is 1. The van der Waals surface area contributed by atoms with Crippen molar-refractivity contribution in [2.75, 3.05) is 6.54 Å². The molecule has 6 nitrogen and oxygen atoms in total. The van der Waals surface area contributed by atoms with Crippen LogP contribution in [0, 0.1) is 17.0 Å². The van der Waals surface area contributed by atoms with Crippen LogP contribution in [-0.4, -0.2) is 11.5 Å². The van der Waals surface area contributed by atoms with E-state index < -0.39 is 4.92 Å². The lowest BCUT2D eigenvalue weighted by Gasteiger charge is -1.98. The number of hydrogen-bond donors (Lipinski definition) is 0. The molecule has 0 radical (unpaired) electrons. The van der Waals surface area contributed by atoms with Gasteiger partial charge in [-0.25, -0.2) is 0 Å².